The number of ether oxygens (including phenoxy) is 2. The summed E-state index contributed by atoms with van der Waals surface area (Å²) in [6, 6.07) is 10.7. The number of halogens is 1. The average molecular weight is 365 g/mol. The quantitative estimate of drug-likeness (QED) is 0.779. The average Bonchev–Trinajstić information content (AvgIpc) is 2.43. The molecular formula is C17H17BrO4. The number of carboxylic acid groups (broad SMARTS) is 1. The zero-order valence-electron chi connectivity index (χ0n) is 12.4. The van der Waals surface area contributed by atoms with Crippen LogP contribution in [-0.4, -0.2) is 24.3 Å². The molecule has 0 aliphatic carbocycles. The van der Waals surface area contributed by atoms with Gasteiger partial charge in [0.05, 0.1) is 10.0 Å². The second kappa shape index (κ2) is 7.31. The lowest BCUT2D eigenvalue weighted by molar-refractivity contribution is 0.0696. The van der Waals surface area contributed by atoms with E-state index in [1.807, 2.05) is 26.0 Å². The van der Waals surface area contributed by atoms with Crippen LogP contribution in [0.1, 0.15) is 21.5 Å². The molecule has 0 atom stereocenters. The standard InChI is InChI=1S/C17H17BrO4/c1-11-7-12(2)9-14(8-11)21-5-6-22-16-4-3-13(17(19)20)10-15(16)18/h3-4,7-10H,5-6H2,1-2H3,(H,19,20). The van der Waals surface area contributed by atoms with Crippen LogP contribution in [0, 0.1) is 13.8 Å². The zero-order valence-corrected chi connectivity index (χ0v) is 14.0. The highest BCUT2D eigenvalue weighted by Gasteiger charge is 2.07. The van der Waals surface area contributed by atoms with Gasteiger partial charge in [-0.05, 0) is 71.2 Å². The van der Waals surface area contributed by atoms with Crippen molar-refractivity contribution < 1.29 is 19.4 Å². The third-order valence-electron chi connectivity index (χ3n) is 2.98. The van der Waals surface area contributed by atoms with Gasteiger partial charge in [0.2, 0.25) is 0 Å². The van der Waals surface area contributed by atoms with E-state index >= 15 is 0 Å². The Hall–Kier alpha value is -2.01. The maximum absolute atomic E-state index is 10.9. The van der Waals surface area contributed by atoms with Crippen molar-refractivity contribution in [3.05, 3.63) is 57.6 Å². The van der Waals surface area contributed by atoms with Gasteiger partial charge in [0.1, 0.15) is 24.7 Å². The normalized spacial score (nSPS) is 10.3. The molecule has 2 aromatic carbocycles. The molecule has 0 aliphatic rings. The molecule has 0 heterocycles. The summed E-state index contributed by atoms with van der Waals surface area (Å²) in [6.07, 6.45) is 0. The highest BCUT2D eigenvalue weighted by Crippen LogP contribution is 2.26. The Labute approximate surface area is 137 Å². The minimum Gasteiger partial charge on any atom is -0.490 e. The predicted octanol–water partition coefficient (Wildman–Crippen LogP) is 4.22. The molecule has 0 radical (unpaired) electrons. The monoisotopic (exact) mass is 364 g/mol. The molecule has 0 saturated carbocycles. The fourth-order valence-electron chi connectivity index (χ4n) is 2.08. The smallest absolute Gasteiger partial charge is 0.335 e. The minimum atomic E-state index is -0.967. The number of hydrogen-bond acceptors (Lipinski definition) is 3. The Morgan fingerprint density at radius 1 is 1.05 bits per heavy atom. The van der Waals surface area contributed by atoms with E-state index in [4.69, 9.17) is 14.6 Å². The minimum absolute atomic E-state index is 0.214. The lowest BCUT2D eigenvalue weighted by Crippen LogP contribution is -2.09. The fraction of sp³-hybridized carbons (Fsp3) is 0.235. The molecule has 0 aliphatic heterocycles. The molecule has 0 unspecified atom stereocenters. The first kappa shape index (κ1) is 16.4. The summed E-state index contributed by atoms with van der Waals surface area (Å²) in [6.45, 7) is 4.84. The number of carboxylic acids is 1. The molecule has 22 heavy (non-hydrogen) atoms. The van der Waals surface area contributed by atoms with E-state index in [1.165, 1.54) is 12.1 Å². The number of benzene rings is 2. The van der Waals surface area contributed by atoms with Gasteiger partial charge in [-0.1, -0.05) is 6.07 Å². The molecule has 5 heteroatoms. The van der Waals surface area contributed by atoms with Crippen LogP contribution in [-0.2, 0) is 0 Å². The van der Waals surface area contributed by atoms with E-state index in [0.29, 0.717) is 23.4 Å². The van der Waals surface area contributed by atoms with Crippen molar-refractivity contribution in [3.8, 4) is 11.5 Å². The Morgan fingerprint density at radius 3 is 2.27 bits per heavy atom. The fourth-order valence-corrected chi connectivity index (χ4v) is 2.57. The zero-order chi connectivity index (χ0) is 16.1. The molecule has 1 N–H and O–H groups in total. The summed E-state index contributed by atoms with van der Waals surface area (Å²) in [5.41, 5.74) is 2.52. The van der Waals surface area contributed by atoms with Gasteiger partial charge in [-0.15, -0.1) is 0 Å². The second-order valence-electron chi connectivity index (χ2n) is 4.97. The molecule has 0 spiro atoms. The summed E-state index contributed by atoms with van der Waals surface area (Å²) in [4.78, 5) is 10.9. The van der Waals surface area contributed by atoms with Crippen molar-refractivity contribution in [2.24, 2.45) is 0 Å². The summed E-state index contributed by atoms with van der Waals surface area (Å²) < 4.78 is 11.9. The molecule has 116 valence electrons. The van der Waals surface area contributed by atoms with Crippen molar-refractivity contribution in [3.63, 3.8) is 0 Å². The second-order valence-corrected chi connectivity index (χ2v) is 5.83. The molecule has 0 bridgehead atoms. The summed E-state index contributed by atoms with van der Waals surface area (Å²) in [7, 11) is 0. The van der Waals surface area contributed by atoms with E-state index in [-0.39, 0.29) is 5.56 Å². The topological polar surface area (TPSA) is 55.8 Å². The number of rotatable bonds is 6. The van der Waals surface area contributed by atoms with Gasteiger partial charge < -0.3 is 14.6 Å². The first-order valence-corrected chi connectivity index (χ1v) is 7.62. The number of hydrogen-bond donors (Lipinski definition) is 1. The number of carbonyl (C=O) groups is 1. The Bertz CT molecular complexity index is 662. The van der Waals surface area contributed by atoms with Crippen LogP contribution < -0.4 is 9.47 Å². The summed E-state index contributed by atoms with van der Waals surface area (Å²) in [5, 5.41) is 8.90. The third kappa shape index (κ3) is 4.49. The highest BCUT2D eigenvalue weighted by molar-refractivity contribution is 9.10. The molecule has 0 saturated heterocycles. The predicted molar refractivity (Wildman–Crippen MR) is 88.0 cm³/mol. The van der Waals surface area contributed by atoms with Crippen molar-refractivity contribution in [2.75, 3.05) is 13.2 Å². The van der Waals surface area contributed by atoms with Crippen LogP contribution in [0.3, 0.4) is 0 Å². The van der Waals surface area contributed by atoms with E-state index < -0.39 is 5.97 Å². The van der Waals surface area contributed by atoms with Crippen molar-refractivity contribution >= 4 is 21.9 Å². The van der Waals surface area contributed by atoms with Crippen LogP contribution in [0.5, 0.6) is 11.5 Å². The van der Waals surface area contributed by atoms with Gasteiger partial charge >= 0.3 is 5.97 Å². The van der Waals surface area contributed by atoms with Crippen LogP contribution in [0.2, 0.25) is 0 Å². The van der Waals surface area contributed by atoms with Crippen LogP contribution in [0.15, 0.2) is 40.9 Å². The summed E-state index contributed by atoms with van der Waals surface area (Å²) >= 11 is 3.30. The van der Waals surface area contributed by atoms with Gasteiger partial charge in [-0.3, -0.25) is 0 Å². The maximum atomic E-state index is 10.9. The lowest BCUT2D eigenvalue weighted by atomic mass is 10.1. The van der Waals surface area contributed by atoms with E-state index in [9.17, 15) is 4.79 Å². The Balaban J connectivity index is 1.87. The van der Waals surface area contributed by atoms with Crippen LogP contribution in [0.4, 0.5) is 0 Å². The van der Waals surface area contributed by atoms with Crippen molar-refractivity contribution in [2.45, 2.75) is 13.8 Å². The van der Waals surface area contributed by atoms with Crippen LogP contribution in [0.25, 0.3) is 0 Å². The SMILES string of the molecule is Cc1cc(C)cc(OCCOc2ccc(C(=O)O)cc2Br)c1. The van der Waals surface area contributed by atoms with Gasteiger partial charge in [-0.2, -0.15) is 0 Å². The van der Waals surface area contributed by atoms with Gasteiger partial charge in [0, 0.05) is 0 Å². The molecular weight excluding hydrogens is 348 g/mol. The van der Waals surface area contributed by atoms with Gasteiger partial charge in [0.25, 0.3) is 0 Å². The Kier molecular flexibility index (Phi) is 5.44. The van der Waals surface area contributed by atoms with Crippen LogP contribution >= 0.6 is 15.9 Å². The van der Waals surface area contributed by atoms with E-state index in [1.54, 1.807) is 6.07 Å². The van der Waals surface area contributed by atoms with Crippen molar-refractivity contribution in [1.29, 1.82) is 0 Å². The van der Waals surface area contributed by atoms with E-state index in [2.05, 4.69) is 22.0 Å². The third-order valence-corrected chi connectivity index (χ3v) is 3.60. The molecule has 2 aromatic rings. The molecule has 0 amide bonds. The first-order chi connectivity index (χ1) is 10.5. The van der Waals surface area contributed by atoms with Gasteiger partial charge in [0.15, 0.2) is 0 Å². The van der Waals surface area contributed by atoms with E-state index in [0.717, 1.165) is 16.9 Å². The largest absolute Gasteiger partial charge is 0.490 e. The highest BCUT2D eigenvalue weighted by atomic mass is 79.9. The molecule has 0 aromatic heterocycles. The number of aromatic carboxylic acids is 1. The molecule has 0 fully saturated rings. The molecule has 2 rings (SSSR count). The lowest BCUT2D eigenvalue weighted by Gasteiger charge is -2.11. The number of aryl methyl sites for hydroxylation is 2. The summed E-state index contributed by atoms with van der Waals surface area (Å²) in [5.74, 6) is 0.445. The van der Waals surface area contributed by atoms with Crippen molar-refractivity contribution in [1.82, 2.24) is 0 Å². The maximum Gasteiger partial charge on any atom is 0.335 e. The first-order valence-electron chi connectivity index (χ1n) is 6.82. The molecule has 4 nitrogen and oxygen atoms in total. The van der Waals surface area contributed by atoms with Gasteiger partial charge in [-0.25, -0.2) is 4.79 Å². The Morgan fingerprint density at radius 2 is 1.68 bits per heavy atom.